The molecule has 0 saturated heterocycles. The number of anilines is 1. The van der Waals surface area contributed by atoms with Crippen LogP contribution in [0.3, 0.4) is 0 Å². The highest BCUT2D eigenvalue weighted by Crippen LogP contribution is 2.25. The fourth-order valence-corrected chi connectivity index (χ4v) is 3.41. The van der Waals surface area contributed by atoms with Crippen molar-refractivity contribution in [2.45, 2.75) is 6.61 Å². The normalized spacial score (nSPS) is 10.9. The molecule has 0 atom stereocenters. The van der Waals surface area contributed by atoms with E-state index >= 15 is 0 Å². The summed E-state index contributed by atoms with van der Waals surface area (Å²) in [6.07, 6.45) is 1.49. The summed E-state index contributed by atoms with van der Waals surface area (Å²) in [5, 5.41) is 9.49. The molecule has 1 N–H and O–H groups in total. The molecule has 0 aliphatic rings. The van der Waals surface area contributed by atoms with Crippen LogP contribution < -0.4 is 10.1 Å². The molecule has 0 fully saturated rings. The molecular weight excluding hydrogens is 424 g/mol. The molecule has 6 heteroatoms. The van der Waals surface area contributed by atoms with Crippen molar-refractivity contribution in [2.24, 2.45) is 5.16 Å². The highest BCUT2D eigenvalue weighted by atomic mass is 35.5. The van der Waals surface area contributed by atoms with Gasteiger partial charge in [-0.25, -0.2) is 0 Å². The van der Waals surface area contributed by atoms with Gasteiger partial charge in [0.1, 0.15) is 12.4 Å². The Morgan fingerprint density at radius 2 is 1.72 bits per heavy atom. The van der Waals surface area contributed by atoms with Gasteiger partial charge in [0.25, 0.3) is 5.91 Å². The van der Waals surface area contributed by atoms with Crippen molar-refractivity contribution in [1.82, 2.24) is 0 Å². The third-order valence-electron chi connectivity index (χ3n) is 4.75. The molecule has 0 aliphatic carbocycles. The second-order valence-electron chi connectivity index (χ2n) is 7.03. The topological polar surface area (TPSA) is 59.9 Å². The molecule has 32 heavy (non-hydrogen) atoms. The summed E-state index contributed by atoms with van der Waals surface area (Å²) < 4.78 is 6.06. The van der Waals surface area contributed by atoms with E-state index in [1.54, 1.807) is 30.3 Å². The van der Waals surface area contributed by atoms with Gasteiger partial charge in [-0.15, -0.1) is 0 Å². The molecule has 0 aliphatic heterocycles. The molecule has 4 rings (SSSR count). The van der Waals surface area contributed by atoms with Crippen LogP contribution in [-0.4, -0.2) is 18.7 Å². The van der Waals surface area contributed by atoms with Crippen molar-refractivity contribution in [2.75, 3.05) is 11.9 Å². The van der Waals surface area contributed by atoms with Crippen LogP contribution >= 0.6 is 11.6 Å². The molecule has 0 aromatic heterocycles. The van der Waals surface area contributed by atoms with E-state index in [0.717, 1.165) is 16.3 Å². The Hall–Kier alpha value is -3.83. The van der Waals surface area contributed by atoms with Crippen LogP contribution in [0.4, 0.5) is 5.69 Å². The number of rotatable bonds is 8. The molecule has 1 amide bonds. The van der Waals surface area contributed by atoms with Crippen LogP contribution in [0.15, 0.2) is 96.2 Å². The minimum Gasteiger partial charge on any atom is -0.488 e. The Bertz CT molecular complexity index is 1240. The van der Waals surface area contributed by atoms with Crippen LogP contribution in [0, 0.1) is 0 Å². The Kier molecular flexibility index (Phi) is 7.00. The second-order valence-corrected chi connectivity index (χ2v) is 7.47. The maximum absolute atomic E-state index is 12.0. The lowest BCUT2D eigenvalue weighted by Crippen LogP contribution is -2.16. The van der Waals surface area contributed by atoms with Gasteiger partial charge in [-0.2, -0.15) is 0 Å². The molecule has 160 valence electrons. The van der Waals surface area contributed by atoms with Crippen molar-refractivity contribution in [3.8, 4) is 5.75 Å². The van der Waals surface area contributed by atoms with Gasteiger partial charge in [0.15, 0.2) is 6.61 Å². The predicted molar refractivity (Wildman–Crippen MR) is 128 cm³/mol. The van der Waals surface area contributed by atoms with E-state index in [2.05, 4.69) is 28.7 Å². The first kappa shape index (κ1) is 21.4. The van der Waals surface area contributed by atoms with Gasteiger partial charge in [0.2, 0.25) is 0 Å². The number of carbonyl (C=O) groups excluding carboxylic acids is 1. The molecule has 0 spiro atoms. The van der Waals surface area contributed by atoms with Crippen LogP contribution in [-0.2, 0) is 16.2 Å². The average molecular weight is 445 g/mol. The standard InChI is InChI=1S/C26H21ClN2O3/c27-22-13-14-25(31-17-20-9-6-8-19-7-4-5-12-24(19)20)21(15-22)16-28-32-18-26(30)29-23-10-2-1-3-11-23/h1-16H,17-18H2,(H,29,30). The van der Waals surface area contributed by atoms with Gasteiger partial charge >= 0.3 is 0 Å². The zero-order chi connectivity index (χ0) is 22.2. The summed E-state index contributed by atoms with van der Waals surface area (Å²) in [6, 6.07) is 28.7. The number of hydrogen-bond donors (Lipinski definition) is 1. The summed E-state index contributed by atoms with van der Waals surface area (Å²) in [7, 11) is 0. The molecule has 0 bridgehead atoms. The largest absolute Gasteiger partial charge is 0.488 e. The Balaban J connectivity index is 1.39. The first-order chi connectivity index (χ1) is 15.7. The van der Waals surface area contributed by atoms with E-state index < -0.39 is 0 Å². The lowest BCUT2D eigenvalue weighted by Gasteiger charge is -2.11. The molecule has 0 saturated carbocycles. The van der Waals surface area contributed by atoms with Gasteiger partial charge in [0.05, 0.1) is 6.21 Å². The maximum atomic E-state index is 12.0. The summed E-state index contributed by atoms with van der Waals surface area (Å²) in [6.45, 7) is 0.183. The van der Waals surface area contributed by atoms with E-state index in [9.17, 15) is 4.79 Å². The predicted octanol–water partition coefficient (Wildman–Crippen LogP) is 6.06. The summed E-state index contributed by atoms with van der Waals surface area (Å²) in [5.74, 6) is 0.315. The van der Waals surface area contributed by atoms with Crippen molar-refractivity contribution in [3.05, 3.63) is 107 Å². The number of amides is 1. The van der Waals surface area contributed by atoms with Crippen LogP contribution in [0.2, 0.25) is 5.02 Å². The summed E-state index contributed by atoms with van der Waals surface area (Å²) in [4.78, 5) is 17.1. The fraction of sp³-hybridized carbons (Fsp3) is 0.0769. The first-order valence-corrected chi connectivity index (χ1v) is 10.5. The van der Waals surface area contributed by atoms with Gasteiger partial charge in [-0.1, -0.05) is 77.4 Å². The molecule has 0 radical (unpaired) electrons. The van der Waals surface area contributed by atoms with Crippen molar-refractivity contribution >= 4 is 40.2 Å². The molecule has 4 aromatic carbocycles. The number of para-hydroxylation sites is 1. The smallest absolute Gasteiger partial charge is 0.265 e. The number of hydrogen-bond acceptors (Lipinski definition) is 4. The van der Waals surface area contributed by atoms with Crippen LogP contribution in [0.1, 0.15) is 11.1 Å². The highest BCUT2D eigenvalue weighted by molar-refractivity contribution is 6.30. The van der Waals surface area contributed by atoms with E-state index in [-0.39, 0.29) is 12.5 Å². The molecule has 4 aromatic rings. The van der Waals surface area contributed by atoms with E-state index in [0.29, 0.717) is 28.6 Å². The number of oxime groups is 1. The summed E-state index contributed by atoms with van der Waals surface area (Å²) >= 11 is 6.14. The third-order valence-corrected chi connectivity index (χ3v) is 4.99. The van der Waals surface area contributed by atoms with E-state index in [1.165, 1.54) is 6.21 Å². The van der Waals surface area contributed by atoms with Gasteiger partial charge in [-0.05, 0) is 46.7 Å². The van der Waals surface area contributed by atoms with Crippen molar-refractivity contribution < 1.29 is 14.4 Å². The minimum absolute atomic E-state index is 0.210. The number of ether oxygens (including phenoxy) is 1. The fourth-order valence-electron chi connectivity index (χ4n) is 3.23. The van der Waals surface area contributed by atoms with Crippen molar-refractivity contribution in [1.29, 1.82) is 0 Å². The number of fused-ring (bicyclic) bond motifs is 1. The quantitative estimate of drug-likeness (QED) is 0.265. The number of nitrogens with zero attached hydrogens (tertiary/aromatic N) is 1. The van der Waals surface area contributed by atoms with Crippen LogP contribution in [0.25, 0.3) is 10.8 Å². The highest BCUT2D eigenvalue weighted by Gasteiger charge is 2.07. The first-order valence-electron chi connectivity index (χ1n) is 10.1. The zero-order valence-electron chi connectivity index (χ0n) is 17.2. The van der Waals surface area contributed by atoms with Crippen LogP contribution in [0.5, 0.6) is 5.75 Å². The van der Waals surface area contributed by atoms with E-state index in [1.807, 2.05) is 42.5 Å². The SMILES string of the molecule is O=C(CON=Cc1cc(Cl)ccc1OCc1cccc2ccccc12)Nc1ccccc1. The number of carbonyl (C=O) groups is 1. The third kappa shape index (κ3) is 5.65. The van der Waals surface area contributed by atoms with Gasteiger partial charge < -0.3 is 14.9 Å². The van der Waals surface area contributed by atoms with Crippen molar-refractivity contribution in [3.63, 3.8) is 0 Å². The average Bonchev–Trinajstić information content (AvgIpc) is 2.82. The van der Waals surface area contributed by atoms with E-state index in [4.69, 9.17) is 21.2 Å². The number of halogens is 1. The van der Waals surface area contributed by atoms with Gasteiger partial charge in [-0.3, -0.25) is 4.79 Å². The second kappa shape index (κ2) is 10.5. The molecule has 5 nitrogen and oxygen atoms in total. The Morgan fingerprint density at radius 3 is 2.59 bits per heavy atom. The minimum atomic E-state index is -0.299. The number of nitrogens with one attached hydrogen (secondary N) is 1. The van der Waals surface area contributed by atoms with Gasteiger partial charge in [0, 0.05) is 16.3 Å². The lowest BCUT2D eigenvalue weighted by molar-refractivity contribution is -0.120. The molecule has 0 heterocycles. The zero-order valence-corrected chi connectivity index (χ0v) is 18.0. The maximum Gasteiger partial charge on any atom is 0.265 e. The summed E-state index contributed by atoms with van der Waals surface area (Å²) in [5.41, 5.74) is 2.43. The molecular formula is C26H21ClN2O3. The Labute approximate surface area is 191 Å². The lowest BCUT2D eigenvalue weighted by atomic mass is 10.1. The Morgan fingerprint density at radius 1 is 0.938 bits per heavy atom. The number of benzene rings is 4. The monoisotopic (exact) mass is 444 g/mol. The molecule has 0 unspecified atom stereocenters.